The molecule has 0 atom stereocenters. The molecule has 0 unspecified atom stereocenters. The lowest BCUT2D eigenvalue weighted by molar-refractivity contribution is -0.121. The molecule has 5 nitrogen and oxygen atoms in total. The molecule has 2 aromatic rings. The van der Waals surface area contributed by atoms with E-state index in [0.717, 1.165) is 17.1 Å². The fourth-order valence-electron chi connectivity index (χ4n) is 1.89. The molecule has 0 spiro atoms. The van der Waals surface area contributed by atoms with E-state index in [1.165, 1.54) is 0 Å². The van der Waals surface area contributed by atoms with Crippen LogP contribution in [0.4, 0.5) is 0 Å². The average Bonchev–Trinajstić information content (AvgIpc) is 2.58. The molecule has 116 valence electrons. The van der Waals surface area contributed by atoms with Gasteiger partial charge in [-0.15, -0.1) is 0 Å². The second-order valence-corrected chi connectivity index (χ2v) is 4.77. The Kier molecular flexibility index (Phi) is 6.23. The van der Waals surface area contributed by atoms with Crippen LogP contribution in [-0.4, -0.2) is 24.6 Å². The minimum absolute atomic E-state index is 0.0159. The Morgan fingerprint density at radius 3 is 2.64 bits per heavy atom. The van der Waals surface area contributed by atoms with Crippen LogP contribution in [0.25, 0.3) is 0 Å². The summed E-state index contributed by atoms with van der Waals surface area (Å²) < 4.78 is 10.6. The Morgan fingerprint density at radius 2 is 1.95 bits per heavy atom. The molecule has 1 heterocycles. The molecule has 22 heavy (non-hydrogen) atoms. The third-order valence-electron chi connectivity index (χ3n) is 3.09. The highest BCUT2D eigenvalue weighted by Gasteiger charge is 2.02. The Balaban J connectivity index is 1.60. The number of benzene rings is 1. The van der Waals surface area contributed by atoms with Gasteiger partial charge in [0.15, 0.2) is 0 Å². The van der Waals surface area contributed by atoms with Gasteiger partial charge in [0.25, 0.3) is 0 Å². The number of amides is 1. The Hall–Kier alpha value is -2.56. The first-order chi connectivity index (χ1) is 10.8. The highest BCUT2D eigenvalue weighted by molar-refractivity contribution is 5.75. The first kappa shape index (κ1) is 15.8. The van der Waals surface area contributed by atoms with Crippen LogP contribution >= 0.6 is 0 Å². The van der Waals surface area contributed by atoms with Gasteiger partial charge < -0.3 is 14.8 Å². The third-order valence-corrected chi connectivity index (χ3v) is 3.09. The van der Waals surface area contributed by atoms with E-state index >= 15 is 0 Å². The zero-order valence-corrected chi connectivity index (χ0v) is 12.6. The van der Waals surface area contributed by atoms with Crippen molar-refractivity contribution in [2.45, 2.75) is 19.4 Å². The van der Waals surface area contributed by atoms with Gasteiger partial charge >= 0.3 is 0 Å². The van der Waals surface area contributed by atoms with Crippen molar-refractivity contribution in [3.63, 3.8) is 0 Å². The molecule has 1 amide bonds. The largest absolute Gasteiger partial charge is 0.497 e. The maximum Gasteiger partial charge on any atom is 0.220 e. The fraction of sp³-hybridized carbons (Fsp3) is 0.294. The van der Waals surface area contributed by atoms with Gasteiger partial charge in [-0.1, -0.05) is 6.07 Å². The molecule has 0 aliphatic rings. The second-order valence-electron chi connectivity index (χ2n) is 4.77. The Morgan fingerprint density at radius 1 is 1.18 bits per heavy atom. The second kappa shape index (κ2) is 8.67. The van der Waals surface area contributed by atoms with Crippen LogP contribution in [0, 0.1) is 0 Å². The first-order valence-electron chi connectivity index (χ1n) is 7.20. The lowest BCUT2D eigenvalue weighted by atomic mass is 10.2. The van der Waals surface area contributed by atoms with Crippen molar-refractivity contribution in [3.05, 3.63) is 54.4 Å². The molecule has 1 N–H and O–H groups in total. The number of ether oxygens (including phenoxy) is 2. The number of carbonyl (C=O) groups is 1. The summed E-state index contributed by atoms with van der Waals surface area (Å²) in [5.41, 5.74) is 0.991. The van der Waals surface area contributed by atoms with E-state index < -0.39 is 0 Å². The summed E-state index contributed by atoms with van der Waals surface area (Å²) in [5.74, 6) is 1.58. The van der Waals surface area contributed by atoms with Crippen molar-refractivity contribution in [3.8, 4) is 11.5 Å². The summed E-state index contributed by atoms with van der Waals surface area (Å²) in [5, 5.41) is 2.86. The summed E-state index contributed by atoms with van der Waals surface area (Å²) in [6.45, 7) is 1.01. The van der Waals surface area contributed by atoms with E-state index in [2.05, 4.69) is 10.3 Å². The van der Waals surface area contributed by atoms with Crippen molar-refractivity contribution < 1.29 is 14.3 Å². The molecule has 0 fully saturated rings. The standard InChI is InChI=1S/C17H20N2O3/c1-21-15-6-8-16(9-7-15)22-11-3-5-17(20)19-13-14-4-2-10-18-12-14/h2,4,6-10,12H,3,5,11,13H2,1H3,(H,19,20). The number of pyridine rings is 1. The zero-order chi connectivity index (χ0) is 15.6. The smallest absolute Gasteiger partial charge is 0.220 e. The Labute approximate surface area is 130 Å². The topological polar surface area (TPSA) is 60.5 Å². The number of carbonyl (C=O) groups excluding carboxylic acids is 1. The van der Waals surface area contributed by atoms with Crippen molar-refractivity contribution in [2.75, 3.05) is 13.7 Å². The molecule has 0 saturated heterocycles. The molecule has 1 aromatic heterocycles. The van der Waals surface area contributed by atoms with Crippen LogP contribution in [0.15, 0.2) is 48.8 Å². The van der Waals surface area contributed by atoms with Crippen molar-refractivity contribution >= 4 is 5.91 Å². The maximum absolute atomic E-state index is 11.7. The molecule has 0 bridgehead atoms. The summed E-state index contributed by atoms with van der Waals surface area (Å²) in [4.78, 5) is 15.7. The fourth-order valence-corrected chi connectivity index (χ4v) is 1.89. The summed E-state index contributed by atoms with van der Waals surface area (Å²) in [7, 11) is 1.62. The molecule has 0 aliphatic heterocycles. The minimum Gasteiger partial charge on any atom is -0.497 e. The number of aromatic nitrogens is 1. The summed E-state index contributed by atoms with van der Waals surface area (Å²) in [6, 6.07) is 11.2. The first-order valence-corrected chi connectivity index (χ1v) is 7.20. The number of methoxy groups -OCH3 is 1. The maximum atomic E-state index is 11.7. The van der Waals surface area contributed by atoms with E-state index in [0.29, 0.717) is 26.0 Å². The van der Waals surface area contributed by atoms with Crippen LogP contribution in [0.2, 0.25) is 0 Å². The van der Waals surface area contributed by atoms with Crippen molar-refractivity contribution in [2.24, 2.45) is 0 Å². The minimum atomic E-state index is 0.0159. The zero-order valence-electron chi connectivity index (χ0n) is 12.6. The quantitative estimate of drug-likeness (QED) is 0.761. The van der Waals surface area contributed by atoms with Crippen LogP contribution < -0.4 is 14.8 Å². The molecule has 2 rings (SSSR count). The van der Waals surface area contributed by atoms with Gasteiger partial charge in [-0.2, -0.15) is 0 Å². The number of hydrogen-bond acceptors (Lipinski definition) is 4. The van der Waals surface area contributed by atoms with E-state index in [-0.39, 0.29) is 5.91 Å². The molecule has 0 aliphatic carbocycles. The van der Waals surface area contributed by atoms with Gasteiger partial charge in [0.05, 0.1) is 13.7 Å². The predicted octanol–water partition coefficient (Wildman–Crippen LogP) is 2.57. The van der Waals surface area contributed by atoms with E-state index in [1.54, 1.807) is 19.5 Å². The molecule has 0 saturated carbocycles. The van der Waals surface area contributed by atoms with E-state index in [9.17, 15) is 4.79 Å². The number of nitrogens with one attached hydrogen (secondary N) is 1. The number of rotatable bonds is 8. The van der Waals surface area contributed by atoms with Gasteiger partial charge in [0.2, 0.25) is 5.91 Å². The average molecular weight is 300 g/mol. The highest BCUT2D eigenvalue weighted by Crippen LogP contribution is 2.17. The lowest BCUT2D eigenvalue weighted by Gasteiger charge is -2.07. The molecule has 5 heteroatoms. The van der Waals surface area contributed by atoms with Crippen LogP contribution in [0.5, 0.6) is 11.5 Å². The van der Waals surface area contributed by atoms with E-state index in [1.807, 2.05) is 36.4 Å². The van der Waals surface area contributed by atoms with Gasteiger partial charge in [-0.3, -0.25) is 9.78 Å². The van der Waals surface area contributed by atoms with Gasteiger partial charge in [0, 0.05) is 25.4 Å². The third kappa shape index (κ3) is 5.44. The number of hydrogen-bond donors (Lipinski definition) is 1. The Bertz CT molecular complexity index is 570. The summed E-state index contributed by atoms with van der Waals surface area (Å²) >= 11 is 0. The van der Waals surface area contributed by atoms with Crippen LogP contribution in [0.1, 0.15) is 18.4 Å². The van der Waals surface area contributed by atoms with Crippen LogP contribution in [-0.2, 0) is 11.3 Å². The van der Waals surface area contributed by atoms with Gasteiger partial charge in [0.1, 0.15) is 11.5 Å². The van der Waals surface area contributed by atoms with Crippen molar-refractivity contribution in [1.29, 1.82) is 0 Å². The lowest BCUT2D eigenvalue weighted by Crippen LogP contribution is -2.23. The normalized spacial score (nSPS) is 10.0. The SMILES string of the molecule is COc1ccc(OCCCC(=O)NCc2cccnc2)cc1. The molecule has 0 radical (unpaired) electrons. The monoisotopic (exact) mass is 300 g/mol. The molecular formula is C17H20N2O3. The van der Waals surface area contributed by atoms with Crippen LogP contribution in [0.3, 0.4) is 0 Å². The highest BCUT2D eigenvalue weighted by atomic mass is 16.5. The van der Waals surface area contributed by atoms with Crippen molar-refractivity contribution in [1.82, 2.24) is 10.3 Å². The predicted molar refractivity (Wildman–Crippen MR) is 83.8 cm³/mol. The number of nitrogens with zero attached hydrogens (tertiary/aromatic N) is 1. The van der Waals surface area contributed by atoms with E-state index in [4.69, 9.17) is 9.47 Å². The molecule has 1 aromatic carbocycles. The van der Waals surface area contributed by atoms with Gasteiger partial charge in [-0.25, -0.2) is 0 Å². The summed E-state index contributed by atoms with van der Waals surface area (Å²) in [6.07, 6.45) is 4.57. The van der Waals surface area contributed by atoms with Gasteiger partial charge in [-0.05, 0) is 42.3 Å². The molecular weight excluding hydrogens is 280 g/mol.